The van der Waals surface area contributed by atoms with Gasteiger partial charge in [-0.3, -0.25) is 9.80 Å². The van der Waals surface area contributed by atoms with E-state index < -0.39 is 0 Å². The van der Waals surface area contributed by atoms with Crippen molar-refractivity contribution in [2.24, 2.45) is 5.84 Å². The molecule has 0 bridgehead atoms. The molecular formula is C7H16N2O. The minimum atomic E-state index is -0.0592. The van der Waals surface area contributed by atoms with Crippen LogP contribution < -0.4 is 5.84 Å². The van der Waals surface area contributed by atoms with E-state index >= 15 is 0 Å². The first kappa shape index (κ1) is 9.43. The Labute approximate surface area is 62.2 Å². The molecule has 0 fully saturated rings. The fourth-order valence-corrected chi connectivity index (χ4v) is 0.690. The van der Waals surface area contributed by atoms with Crippen molar-refractivity contribution in [1.29, 1.82) is 0 Å². The largest absolute Gasteiger partial charge is 0.281 e. The molecule has 0 aromatic rings. The van der Waals surface area contributed by atoms with Gasteiger partial charge < -0.3 is 0 Å². The van der Waals surface area contributed by atoms with Gasteiger partial charge in [0.05, 0.1) is 0 Å². The van der Waals surface area contributed by atoms with Gasteiger partial charge in [0.2, 0.25) is 5.91 Å². The predicted molar refractivity (Wildman–Crippen MR) is 41.1 cm³/mol. The number of unbranched alkanes of at least 4 members (excludes halogenated alkanes) is 2. The first-order chi connectivity index (χ1) is 4.68. The van der Waals surface area contributed by atoms with Crippen molar-refractivity contribution in [3.05, 3.63) is 0 Å². The van der Waals surface area contributed by atoms with E-state index in [0.29, 0.717) is 6.54 Å². The van der Waals surface area contributed by atoms with Gasteiger partial charge in [0.15, 0.2) is 0 Å². The number of carbonyl (C=O) groups is 1. The topological polar surface area (TPSA) is 46.3 Å². The quantitative estimate of drug-likeness (QED) is 0.276. The average Bonchev–Trinajstić information content (AvgIpc) is 1.88. The maximum atomic E-state index is 10.5. The molecule has 0 aliphatic rings. The molecule has 0 atom stereocenters. The van der Waals surface area contributed by atoms with Crippen molar-refractivity contribution >= 4 is 5.91 Å². The van der Waals surface area contributed by atoms with Crippen molar-refractivity contribution in [2.75, 3.05) is 6.54 Å². The SMILES string of the molecule is CCCCCN(N)C(C)=O. The number of hydrazine groups is 1. The van der Waals surface area contributed by atoms with E-state index in [1.807, 2.05) is 0 Å². The molecule has 0 aliphatic carbocycles. The lowest BCUT2D eigenvalue weighted by atomic mass is 10.2. The first-order valence-corrected chi connectivity index (χ1v) is 3.71. The monoisotopic (exact) mass is 144 g/mol. The molecule has 0 unspecified atom stereocenters. The minimum Gasteiger partial charge on any atom is -0.281 e. The number of carbonyl (C=O) groups excluding carboxylic acids is 1. The van der Waals surface area contributed by atoms with Gasteiger partial charge in [0, 0.05) is 13.5 Å². The van der Waals surface area contributed by atoms with Crippen LogP contribution in [-0.2, 0) is 4.79 Å². The van der Waals surface area contributed by atoms with Gasteiger partial charge in [-0.2, -0.15) is 0 Å². The Bertz CT molecular complexity index is 104. The van der Waals surface area contributed by atoms with Crippen LogP contribution in [0.4, 0.5) is 0 Å². The lowest BCUT2D eigenvalue weighted by Gasteiger charge is -2.12. The molecule has 3 heteroatoms. The second-order valence-electron chi connectivity index (χ2n) is 2.42. The molecule has 10 heavy (non-hydrogen) atoms. The number of hydrogen-bond acceptors (Lipinski definition) is 2. The van der Waals surface area contributed by atoms with Crippen LogP contribution in [-0.4, -0.2) is 17.5 Å². The van der Waals surface area contributed by atoms with Gasteiger partial charge in [0.1, 0.15) is 0 Å². The Balaban J connectivity index is 3.21. The van der Waals surface area contributed by atoms with Crippen molar-refractivity contribution in [3.8, 4) is 0 Å². The molecular weight excluding hydrogens is 128 g/mol. The van der Waals surface area contributed by atoms with Crippen LogP contribution in [0.3, 0.4) is 0 Å². The average molecular weight is 144 g/mol. The summed E-state index contributed by atoms with van der Waals surface area (Å²) in [5.41, 5.74) is 0. The highest BCUT2D eigenvalue weighted by molar-refractivity contribution is 5.72. The lowest BCUT2D eigenvalue weighted by Crippen LogP contribution is -2.36. The number of nitrogens with zero attached hydrogens (tertiary/aromatic N) is 1. The number of rotatable bonds is 4. The number of hydrogen-bond donors (Lipinski definition) is 1. The van der Waals surface area contributed by atoms with Gasteiger partial charge >= 0.3 is 0 Å². The summed E-state index contributed by atoms with van der Waals surface area (Å²) in [6, 6.07) is 0. The van der Waals surface area contributed by atoms with E-state index in [-0.39, 0.29) is 5.91 Å². The Morgan fingerprint density at radius 1 is 1.50 bits per heavy atom. The molecule has 0 rings (SSSR count). The van der Waals surface area contributed by atoms with Crippen LogP contribution in [0.2, 0.25) is 0 Å². The molecule has 0 spiro atoms. The van der Waals surface area contributed by atoms with Gasteiger partial charge in [-0.1, -0.05) is 19.8 Å². The summed E-state index contributed by atoms with van der Waals surface area (Å²) in [5.74, 6) is 5.28. The van der Waals surface area contributed by atoms with Crippen molar-refractivity contribution in [3.63, 3.8) is 0 Å². The zero-order valence-corrected chi connectivity index (χ0v) is 6.76. The van der Waals surface area contributed by atoms with E-state index in [4.69, 9.17) is 5.84 Å². The fourth-order valence-electron chi connectivity index (χ4n) is 0.690. The van der Waals surface area contributed by atoms with Crippen LogP contribution in [0.25, 0.3) is 0 Å². The van der Waals surface area contributed by atoms with Gasteiger partial charge in [-0.05, 0) is 6.42 Å². The van der Waals surface area contributed by atoms with E-state index in [2.05, 4.69) is 6.92 Å². The second-order valence-corrected chi connectivity index (χ2v) is 2.42. The summed E-state index contributed by atoms with van der Waals surface area (Å²) < 4.78 is 0. The van der Waals surface area contributed by atoms with Crippen LogP contribution in [0.5, 0.6) is 0 Å². The predicted octanol–water partition coefficient (Wildman–Crippen LogP) is 0.899. The molecule has 3 nitrogen and oxygen atoms in total. The molecule has 0 aromatic heterocycles. The maximum absolute atomic E-state index is 10.5. The lowest BCUT2D eigenvalue weighted by molar-refractivity contribution is -0.129. The van der Waals surface area contributed by atoms with Crippen LogP contribution in [0, 0.1) is 0 Å². The Kier molecular flexibility index (Phi) is 4.94. The maximum Gasteiger partial charge on any atom is 0.233 e. The molecule has 0 heterocycles. The van der Waals surface area contributed by atoms with E-state index in [1.54, 1.807) is 0 Å². The summed E-state index contributed by atoms with van der Waals surface area (Å²) in [6.07, 6.45) is 3.30. The highest BCUT2D eigenvalue weighted by Crippen LogP contribution is 1.94. The zero-order chi connectivity index (χ0) is 7.98. The molecule has 2 N–H and O–H groups in total. The van der Waals surface area contributed by atoms with Crippen molar-refractivity contribution in [1.82, 2.24) is 5.01 Å². The third kappa shape index (κ3) is 4.32. The highest BCUT2D eigenvalue weighted by atomic mass is 16.2. The standard InChI is InChI=1S/C7H16N2O/c1-3-4-5-6-9(8)7(2)10/h3-6,8H2,1-2H3. The van der Waals surface area contributed by atoms with Crippen molar-refractivity contribution < 1.29 is 4.79 Å². The summed E-state index contributed by atoms with van der Waals surface area (Å²) in [4.78, 5) is 10.5. The molecule has 0 saturated heterocycles. The second kappa shape index (κ2) is 5.23. The van der Waals surface area contributed by atoms with Gasteiger partial charge in [-0.25, -0.2) is 5.84 Å². The fraction of sp³-hybridized carbons (Fsp3) is 0.857. The minimum absolute atomic E-state index is 0.0592. The smallest absolute Gasteiger partial charge is 0.233 e. The van der Waals surface area contributed by atoms with Crippen molar-refractivity contribution in [2.45, 2.75) is 33.1 Å². The summed E-state index contributed by atoms with van der Waals surface area (Å²) in [7, 11) is 0. The highest BCUT2D eigenvalue weighted by Gasteiger charge is 1.99. The van der Waals surface area contributed by atoms with Gasteiger partial charge in [0.25, 0.3) is 0 Å². The molecule has 0 aromatic carbocycles. The Morgan fingerprint density at radius 3 is 2.50 bits per heavy atom. The number of nitrogens with two attached hydrogens (primary N) is 1. The zero-order valence-electron chi connectivity index (χ0n) is 6.76. The van der Waals surface area contributed by atoms with Gasteiger partial charge in [-0.15, -0.1) is 0 Å². The van der Waals surface area contributed by atoms with Crippen LogP contribution in [0.1, 0.15) is 33.1 Å². The summed E-state index contributed by atoms with van der Waals surface area (Å²) in [5, 5.41) is 1.26. The van der Waals surface area contributed by atoms with Crippen LogP contribution in [0.15, 0.2) is 0 Å². The third-order valence-corrected chi connectivity index (χ3v) is 1.41. The van der Waals surface area contributed by atoms with Crippen LogP contribution >= 0.6 is 0 Å². The first-order valence-electron chi connectivity index (χ1n) is 3.71. The molecule has 60 valence electrons. The Morgan fingerprint density at radius 2 is 2.10 bits per heavy atom. The van der Waals surface area contributed by atoms with E-state index in [0.717, 1.165) is 19.3 Å². The normalized spacial score (nSPS) is 9.50. The third-order valence-electron chi connectivity index (χ3n) is 1.41. The molecule has 0 aliphatic heterocycles. The van der Waals surface area contributed by atoms with E-state index in [1.165, 1.54) is 11.9 Å². The molecule has 0 saturated carbocycles. The van der Waals surface area contributed by atoms with E-state index in [9.17, 15) is 4.79 Å². The summed E-state index contributed by atoms with van der Waals surface area (Å²) in [6.45, 7) is 4.28. The molecule has 0 radical (unpaired) electrons. The summed E-state index contributed by atoms with van der Waals surface area (Å²) >= 11 is 0. The molecule has 1 amide bonds. The number of amides is 1. The Hall–Kier alpha value is -0.570.